The maximum atomic E-state index is 15.6. The predicted octanol–water partition coefficient (Wildman–Crippen LogP) is 8.62. The fourth-order valence-corrected chi connectivity index (χ4v) is 14.9. The van der Waals surface area contributed by atoms with Crippen LogP contribution < -0.4 is 30.2 Å². The Morgan fingerprint density at radius 2 is 1.88 bits per heavy atom. The van der Waals surface area contributed by atoms with Gasteiger partial charge in [-0.15, -0.1) is 0 Å². The van der Waals surface area contributed by atoms with E-state index in [1.807, 2.05) is 25.3 Å². The molecule has 0 aromatic heterocycles. The van der Waals surface area contributed by atoms with Gasteiger partial charge in [0.1, 0.15) is 11.7 Å². The van der Waals surface area contributed by atoms with Crippen LogP contribution in [-0.4, -0.2) is 79.9 Å². The molecule has 12 heteroatoms. The number of anilines is 1. The highest BCUT2D eigenvalue weighted by Crippen LogP contribution is 2.65. The zero-order valence-corrected chi connectivity index (χ0v) is 41.4. The summed E-state index contributed by atoms with van der Waals surface area (Å²) < 4.78 is 25.4. The Kier molecular flexibility index (Phi) is 15.2. The summed E-state index contributed by atoms with van der Waals surface area (Å²) in [5.41, 5.74) is 1.28. The van der Waals surface area contributed by atoms with Crippen molar-refractivity contribution in [3.8, 4) is 47.0 Å². The van der Waals surface area contributed by atoms with Gasteiger partial charge in [-0.25, -0.2) is 0 Å². The Balaban J connectivity index is 1.19. The highest BCUT2D eigenvalue weighted by Gasteiger charge is 2.58. The first-order valence-electron chi connectivity index (χ1n) is 26.2. The lowest BCUT2D eigenvalue weighted by molar-refractivity contribution is -0.125. The Morgan fingerprint density at radius 3 is 2.70 bits per heavy atom. The van der Waals surface area contributed by atoms with Crippen LogP contribution in [0.25, 0.3) is 0 Å². The molecule has 1 spiro atoms. The molecule has 0 saturated heterocycles. The second-order valence-electron chi connectivity index (χ2n) is 21.7. The number of likely N-dealkylation sites (N-methyl/N-ethyl adjacent to an activating group) is 1. The maximum Gasteiger partial charge on any atom is 0.207 e. The van der Waals surface area contributed by atoms with Gasteiger partial charge in [0.05, 0.1) is 19.4 Å². The standard InChI is InChI=1S/C57H76N4O8/c1-5-37-15-17-39-29-43-13-7-22-57(43)44-31-47(53-50(32-44)69-55(36-58-2)34-40(11-9-25-68-53)41(35-55)30-52(65)67-26-10-24-62)61-54(59-3)60-23-8-14-42-12-6-21-56(42,51(64)20-18-46(57)45(39)27-37)33-38-16-19-48(63)49(28-38)66-4/h16,18-20,28,31-32,37,39-43,45-46,52,58,62-63,65H,5-7,10-15,17,21-22,24,26-27,29-30,33-36H2,1-4H3,(H2,59,60,61)/b20-18+/t37-,39-,40-,41-,42+,43+,45-,46+,52+,55+,56-,57+/m0/s1. The van der Waals surface area contributed by atoms with Crippen LogP contribution in [0.2, 0.25) is 0 Å². The molecule has 7 aliphatic rings. The van der Waals surface area contributed by atoms with Crippen molar-refractivity contribution in [3.05, 3.63) is 53.6 Å². The maximum absolute atomic E-state index is 15.6. The number of fused-ring (bicyclic) bond motifs is 9. The molecule has 5 aliphatic carbocycles. The van der Waals surface area contributed by atoms with Crippen molar-refractivity contribution in [2.75, 3.05) is 46.3 Å². The first kappa shape index (κ1) is 49.3. The lowest BCUT2D eigenvalue weighted by Crippen LogP contribution is -2.51. The highest BCUT2D eigenvalue weighted by atomic mass is 16.6. The molecular weight excluding hydrogens is 869 g/mol. The van der Waals surface area contributed by atoms with Crippen molar-refractivity contribution in [2.45, 2.75) is 140 Å². The van der Waals surface area contributed by atoms with E-state index in [2.05, 4.69) is 70.1 Å². The van der Waals surface area contributed by atoms with Crippen LogP contribution in [0.5, 0.6) is 23.0 Å². The van der Waals surface area contributed by atoms with Gasteiger partial charge >= 0.3 is 0 Å². The summed E-state index contributed by atoms with van der Waals surface area (Å²) in [6.45, 7) is 3.23. The number of methoxy groups -OCH3 is 1. The van der Waals surface area contributed by atoms with Crippen molar-refractivity contribution in [1.29, 1.82) is 0 Å². The summed E-state index contributed by atoms with van der Waals surface area (Å²) >= 11 is 0. The monoisotopic (exact) mass is 945 g/mol. The number of guanidine groups is 1. The molecule has 2 aromatic carbocycles. The Morgan fingerprint density at radius 1 is 1.03 bits per heavy atom. The second kappa shape index (κ2) is 21.3. The molecule has 69 heavy (non-hydrogen) atoms. The summed E-state index contributed by atoms with van der Waals surface area (Å²) in [5, 5.41) is 41.3. The average molecular weight is 945 g/mol. The first-order valence-corrected chi connectivity index (χ1v) is 26.2. The van der Waals surface area contributed by atoms with Crippen LogP contribution in [0.4, 0.5) is 5.69 Å². The first-order chi connectivity index (χ1) is 33.6. The van der Waals surface area contributed by atoms with Crippen molar-refractivity contribution >= 4 is 17.4 Å². The van der Waals surface area contributed by atoms with Gasteiger partial charge in [0, 0.05) is 56.3 Å². The van der Waals surface area contributed by atoms with E-state index < -0.39 is 17.3 Å². The quantitative estimate of drug-likeness (QED) is 0.0687. The van der Waals surface area contributed by atoms with E-state index in [0.717, 1.165) is 63.4 Å². The van der Waals surface area contributed by atoms with Crippen LogP contribution in [0.15, 0.2) is 47.5 Å². The second-order valence-corrected chi connectivity index (χ2v) is 21.7. The molecule has 5 saturated carbocycles. The van der Waals surface area contributed by atoms with Crippen molar-refractivity contribution < 1.29 is 39.1 Å². The van der Waals surface area contributed by atoms with E-state index in [1.165, 1.54) is 24.8 Å². The summed E-state index contributed by atoms with van der Waals surface area (Å²) in [7, 11) is 5.27. The molecule has 2 aromatic rings. The number of nitrogens with one attached hydrogen (secondary N) is 3. The number of hydrogen-bond donors (Lipinski definition) is 6. The van der Waals surface area contributed by atoms with Crippen molar-refractivity contribution in [3.63, 3.8) is 0 Å². The third-order valence-corrected chi connectivity index (χ3v) is 18.1. The zero-order valence-electron chi connectivity index (χ0n) is 41.4. The normalized spacial score (nSPS) is 35.0. The topological polar surface area (TPSA) is 163 Å². The number of carbonyl (C=O) groups is 1. The smallest absolute Gasteiger partial charge is 0.207 e. The number of rotatable bonds is 12. The number of nitrogens with zero attached hydrogens (tertiary/aromatic N) is 1. The number of phenolic OH excluding ortho intramolecular Hbond substituents is 1. The largest absolute Gasteiger partial charge is 0.504 e. The number of benzene rings is 2. The Bertz CT molecular complexity index is 2360. The predicted molar refractivity (Wildman–Crippen MR) is 268 cm³/mol. The minimum absolute atomic E-state index is 0.0119. The summed E-state index contributed by atoms with van der Waals surface area (Å²) in [6.07, 6.45) is 22.4. The van der Waals surface area contributed by atoms with Gasteiger partial charge in [0.25, 0.3) is 0 Å². The van der Waals surface area contributed by atoms with Gasteiger partial charge < -0.3 is 44.9 Å². The van der Waals surface area contributed by atoms with E-state index >= 15 is 4.79 Å². The third-order valence-electron chi connectivity index (χ3n) is 18.1. The van der Waals surface area contributed by atoms with E-state index in [4.69, 9.17) is 18.9 Å². The molecule has 12 atom stereocenters. The van der Waals surface area contributed by atoms with Gasteiger partial charge in [-0.3, -0.25) is 15.1 Å². The molecular formula is C57H76N4O8. The highest BCUT2D eigenvalue weighted by molar-refractivity contribution is 5.97. The number of ketones is 1. The van der Waals surface area contributed by atoms with E-state index in [-0.39, 0.29) is 47.2 Å². The average Bonchev–Trinajstić information content (AvgIpc) is 4.06. The molecule has 12 nitrogen and oxygen atoms in total. The Hall–Kier alpha value is -4.72. The number of phenols is 1. The van der Waals surface area contributed by atoms with E-state index in [1.54, 1.807) is 20.2 Å². The van der Waals surface area contributed by atoms with Crippen molar-refractivity contribution in [1.82, 2.24) is 10.6 Å². The SMILES string of the molecule is CC[C@H]1CC[C@H]2C[C@H]3CCC[C@]34c3cc(c5c(c3)O[C@]3(CNC)C[C@H](CC#CO5)[C@@H](C[C@H](O)OCCCO)C3)NC(=NC)NC#CC[C@H]3CCC[C@@]3(Cc3ccc(O)c(OC)c3)C(=O)/C=C/[C@@H]4[C@H]2C1. The van der Waals surface area contributed by atoms with Gasteiger partial charge in [0.2, 0.25) is 11.7 Å². The number of carbonyl (C=O) groups excluding carboxylic acids is 1. The van der Waals surface area contributed by atoms with Crippen LogP contribution in [0.1, 0.15) is 127 Å². The number of hydrogen-bond acceptors (Lipinski definition) is 10. The van der Waals surface area contributed by atoms with Crippen molar-refractivity contribution in [2.24, 2.45) is 57.8 Å². The third kappa shape index (κ3) is 9.86. The lowest BCUT2D eigenvalue weighted by atomic mass is 9.48. The minimum Gasteiger partial charge on any atom is -0.504 e. The zero-order chi connectivity index (χ0) is 48.2. The van der Waals surface area contributed by atoms with E-state index in [9.17, 15) is 15.3 Å². The van der Waals surface area contributed by atoms with Gasteiger partial charge in [-0.1, -0.05) is 56.6 Å². The van der Waals surface area contributed by atoms with Crippen LogP contribution >= 0.6 is 0 Å². The molecule has 0 radical (unpaired) electrons. The Labute approximate surface area is 410 Å². The van der Waals surface area contributed by atoms with Crippen LogP contribution in [0.3, 0.4) is 0 Å². The number of aliphatic hydroxyl groups is 2. The molecule has 2 heterocycles. The van der Waals surface area contributed by atoms with Crippen LogP contribution in [-0.2, 0) is 21.4 Å². The molecule has 2 aliphatic heterocycles. The number of aliphatic imine (C=N–C) groups is 1. The molecule has 5 fully saturated rings. The number of aliphatic hydroxyl groups excluding tert-OH is 2. The molecule has 4 bridgehead atoms. The molecule has 9 rings (SSSR count). The fraction of sp³-hybridized carbons (Fsp3) is 0.649. The van der Waals surface area contributed by atoms with Gasteiger partial charge in [-0.2, -0.15) is 0 Å². The lowest BCUT2D eigenvalue weighted by Gasteiger charge is -2.55. The molecule has 0 amide bonds. The number of allylic oxidation sites excluding steroid dienone is 2. The summed E-state index contributed by atoms with van der Waals surface area (Å²) in [5.74, 6) is 11.5. The van der Waals surface area contributed by atoms with Crippen LogP contribution in [0, 0.1) is 76.7 Å². The van der Waals surface area contributed by atoms with Gasteiger partial charge in [0.15, 0.2) is 29.3 Å². The molecule has 6 N–H and O–H groups in total. The molecule has 372 valence electrons. The van der Waals surface area contributed by atoms with Gasteiger partial charge in [-0.05, 0) is 166 Å². The summed E-state index contributed by atoms with van der Waals surface area (Å²) in [6, 6.07) is 13.2. The molecule has 0 unspecified atom stereocenters. The summed E-state index contributed by atoms with van der Waals surface area (Å²) in [4.78, 5) is 20.2. The van der Waals surface area contributed by atoms with E-state index in [0.29, 0.717) is 104 Å². The number of ether oxygens (including phenoxy) is 4. The minimum atomic E-state index is -0.954. The fourth-order valence-electron chi connectivity index (χ4n) is 14.9. The number of aromatic hydroxyl groups is 1.